The molecule has 16 nitrogen and oxygen atoms in total. The molecule has 0 aliphatic rings. The summed E-state index contributed by atoms with van der Waals surface area (Å²) >= 11 is 0. The molecule has 0 radical (unpaired) electrons. The zero-order valence-corrected chi connectivity index (χ0v) is 16.8. The Labute approximate surface area is 150 Å². The Morgan fingerprint density at radius 2 is 1.19 bits per heavy atom. The van der Waals surface area contributed by atoms with Crippen LogP contribution in [0.4, 0.5) is 0 Å². The highest BCUT2D eigenvalue weighted by Gasteiger charge is 2.59. The summed E-state index contributed by atoms with van der Waals surface area (Å²) in [6.45, 7) is -0.573. The number of nitrogens with zero attached hydrogens (tertiary/aromatic N) is 2. The lowest BCUT2D eigenvalue weighted by atomic mass is 10.6. The average Bonchev–Trinajstić information content (AvgIpc) is 2.86. The van der Waals surface area contributed by atoms with Gasteiger partial charge in [-0.25, -0.2) is 4.98 Å². The zero-order valence-electron chi connectivity index (χ0n) is 13.2. The molecule has 1 heterocycles. The molecule has 0 amide bonds. The zero-order chi connectivity index (χ0) is 22.1. The van der Waals surface area contributed by atoms with Crippen LogP contribution < -0.4 is 0 Å². The molecule has 0 saturated heterocycles. The number of imidazole rings is 1. The minimum Gasteiger partial charge on any atom is -0.368 e. The smallest absolute Gasteiger partial charge is 0.368 e. The van der Waals surface area contributed by atoms with E-state index in [1.165, 1.54) is 12.4 Å². The van der Waals surface area contributed by atoms with Gasteiger partial charge in [0.25, 0.3) is 10.2 Å². The fourth-order valence-corrected chi connectivity index (χ4v) is 4.56. The summed E-state index contributed by atoms with van der Waals surface area (Å²) in [5.74, 6) is 0. The molecule has 20 heteroatoms. The number of aliphatic hydroxyl groups is 2. The SMILES string of the molecule is CC(O)(P(=O)(O)O)P(=O)(O)O.O=P(O)(O)C(O)(Cn1ccnc1)P(=O)(O)O. The molecule has 1 aromatic rings. The average molecular weight is 478 g/mol. The van der Waals surface area contributed by atoms with Gasteiger partial charge in [-0.2, -0.15) is 0 Å². The van der Waals surface area contributed by atoms with E-state index in [1.807, 2.05) is 0 Å². The van der Waals surface area contributed by atoms with E-state index in [-0.39, 0.29) is 0 Å². The Morgan fingerprint density at radius 1 is 0.815 bits per heavy atom. The molecule has 0 aromatic carbocycles. The number of hydrogen-bond donors (Lipinski definition) is 10. The van der Waals surface area contributed by atoms with Crippen LogP contribution in [-0.2, 0) is 24.8 Å². The largest absolute Gasteiger partial charge is 0.371 e. The van der Waals surface area contributed by atoms with E-state index in [0.717, 1.165) is 10.9 Å². The van der Waals surface area contributed by atoms with Crippen molar-refractivity contribution in [1.82, 2.24) is 9.55 Å². The predicted octanol–water partition coefficient (Wildman–Crippen LogP) is -2.11. The van der Waals surface area contributed by atoms with Crippen LogP contribution in [0.3, 0.4) is 0 Å². The lowest BCUT2D eigenvalue weighted by Crippen LogP contribution is -2.33. The maximum Gasteiger partial charge on any atom is 0.371 e. The van der Waals surface area contributed by atoms with E-state index in [0.29, 0.717) is 6.92 Å². The molecule has 0 unspecified atom stereocenters. The number of hydrogen-bond acceptors (Lipinski definition) is 7. The van der Waals surface area contributed by atoms with Crippen LogP contribution in [0.25, 0.3) is 0 Å². The van der Waals surface area contributed by atoms with Crippen LogP contribution in [-0.4, -0.2) is 69.1 Å². The van der Waals surface area contributed by atoms with Gasteiger partial charge in [-0.3, -0.25) is 18.3 Å². The second kappa shape index (κ2) is 8.23. The van der Waals surface area contributed by atoms with Crippen molar-refractivity contribution in [2.75, 3.05) is 0 Å². The summed E-state index contributed by atoms with van der Waals surface area (Å²) in [5, 5.41) is 11.4. The van der Waals surface area contributed by atoms with Gasteiger partial charge in [0.15, 0.2) is 0 Å². The van der Waals surface area contributed by atoms with Crippen LogP contribution in [0.1, 0.15) is 6.92 Å². The monoisotopic (exact) mass is 478 g/mol. The second-order valence-electron chi connectivity index (χ2n) is 5.16. The molecule has 1 rings (SSSR count). The first-order valence-corrected chi connectivity index (χ1v) is 12.7. The van der Waals surface area contributed by atoms with Crippen molar-refractivity contribution in [3.63, 3.8) is 0 Å². The Bertz CT molecular complexity index is 765. The van der Waals surface area contributed by atoms with E-state index in [1.54, 1.807) is 0 Å². The molecule has 0 bridgehead atoms. The molecule has 0 atom stereocenters. The van der Waals surface area contributed by atoms with Crippen LogP contribution in [0.5, 0.6) is 0 Å². The molecule has 0 aliphatic carbocycles. The summed E-state index contributed by atoms with van der Waals surface area (Å²) in [6, 6.07) is 0. The van der Waals surface area contributed by atoms with Gasteiger partial charge >= 0.3 is 30.4 Å². The fraction of sp³-hybridized carbons (Fsp3) is 0.571. The maximum atomic E-state index is 10.9. The van der Waals surface area contributed by atoms with Crippen LogP contribution >= 0.6 is 30.4 Å². The van der Waals surface area contributed by atoms with E-state index in [4.69, 9.17) is 44.3 Å². The molecule has 0 fully saturated rings. The molecule has 0 saturated carbocycles. The molecule has 27 heavy (non-hydrogen) atoms. The van der Waals surface area contributed by atoms with Crippen molar-refractivity contribution >= 4 is 30.4 Å². The van der Waals surface area contributed by atoms with Crippen molar-refractivity contribution in [2.24, 2.45) is 0 Å². The first-order valence-electron chi connectivity index (χ1n) is 6.21. The highest BCUT2D eigenvalue weighted by Crippen LogP contribution is 2.68. The van der Waals surface area contributed by atoms with Crippen LogP contribution in [0.2, 0.25) is 0 Å². The second-order valence-corrected chi connectivity index (χ2v) is 13.4. The van der Waals surface area contributed by atoms with Crippen molar-refractivity contribution in [2.45, 2.75) is 23.6 Å². The van der Waals surface area contributed by atoms with Gasteiger partial charge in [0.05, 0.1) is 12.9 Å². The third-order valence-electron chi connectivity index (χ3n) is 2.99. The lowest BCUT2D eigenvalue weighted by Gasteiger charge is -2.29. The minimum absolute atomic E-state index is 0.383. The van der Waals surface area contributed by atoms with Crippen molar-refractivity contribution in [1.29, 1.82) is 0 Å². The summed E-state index contributed by atoms with van der Waals surface area (Å²) in [6.07, 6.45) is 3.51. The van der Waals surface area contributed by atoms with Gasteiger partial charge in [0.2, 0.25) is 0 Å². The van der Waals surface area contributed by atoms with E-state index >= 15 is 0 Å². The molecular formula is C7H18N2O14P4. The molecule has 160 valence electrons. The number of rotatable bonds is 6. The summed E-state index contributed by atoms with van der Waals surface area (Å²) in [4.78, 5) is 71.7. The fourth-order valence-electron chi connectivity index (χ4n) is 1.15. The topological polar surface area (TPSA) is 288 Å². The van der Waals surface area contributed by atoms with Gasteiger partial charge in [0, 0.05) is 12.4 Å². The standard InChI is InChI=1S/C5H10N2O7P2.C2H8O7P2/c8-5(15(9,10)11,16(12,13)14)3-7-2-1-6-4-7;1-2(3,10(4,5)6)11(7,8)9/h1-2,4,8H,3H2,(H2,9,10,11)(H2,12,13,14);3H,1H3,(H2,4,5,6)(H2,7,8,9). The van der Waals surface area contributed by atoms with E-state index in [9.17, 15) is 23.4 Å². The normalized spacial score (nSPS) is 14.5. The molecule has 10 N–H and O–H groups in total. The summed E-state index contributed by atoms with van der Waals surface area (Å²) < 4.78 is 43.3. The Hall–Kier alpha value is -0.270. The van der Waals surface area contributed by atoms with Gasteiger partial charge in [-0.15, -0.1) is 0 Å². The molecule has 0 aliphatic heterocycles. The van der Waals surface area contributed by atoms with E-state index < -0.39 is 47.1 Å². The van der Waals surface area contributed by atoms with Gasteiger partial charge in [0.1, 0.15) is 0 Å². The molecular weight excluding hydrogens is 460 g/mol. The van der Waals surface area contributed by atoms with Crippen LogP contribution in [0.15, 0.2) is 18.7 Å². The Kier molecular flexibility index (Phi) is 8.15. The van der Waals surface area contributed by atoms with Gasteiger partial charge < -0.3 is 53.9 Å². The highest BCUT2D eigenvalue weighted by atomic mass is 31.2. The Balaban J connectivity index is 0.000000541. The lowest BCUT2D eigenvalue weighted by molar-refractivity contribution is 0.115. The quantitative estimate of drug-likeness (QED) is 0.196. The summed E-state index contributed by atoms with van der Waals surface area (Å²) in [7, 11) is -21.2. The first-order chi connectivity index (χ1) is 11.6. The molecule has 1 aromatic heterocycles. The molecule has 0 spiro atoms. The predicted molar refractivity (Wildman–Crippen MR) is 86.0 cm³/mol. The van der Waals surface area contributed by atoms with Crippen molar-refractivity contribution < 1.29 is 67.6 Å². The third kappa shape index (κ3) is 6.36. The van der Waals surface area contributed by atoms with Gasteiger partial charge in [-0.1, -0.05) is 0 Å². The van der Waals surface area contributed by atoms with Crippen LogP contribution in [0, 0.1) is 0 Å². The van der Waals surface area contributed by atoms with E-state index in [2.05, 4.69) is 4.98 Å². The summed E-state index contributed by atoms with van der Waals surface area (Å²) in [5.41, 5.74) is 0. The Morgan fingerprint density at radius 3 is 1.37 bits per heavy atom. The third-order valence-corrected chi connectivity index (χ3v) is 10.5. The minimum atomic E-state index is -5.41. The number of aromatic nitrogens is 2. The first kappa shape index (κ1) is 26.7. The highest BCUT2D eigenvalue weighted by molar-refractivity contribution is 7.72. The van der Waals surface area contributed by atoms with Crippen molar-refractivity contribution in [3.05, 3.63) is 18.7 Å². The van der Waals surface area contributed by atoms with Gasteiger partial charge in [-0.05, 0) is 6.92 Å². The maximum absolute atomic E-state index is 10.9. The van der Waals surface area contributed by atoms with Crippen molar-refractivity contribution in [3.8, 4) is 0 Å².